The number of ether oxygens (including phenoxy) is 1. The largest absolute Gasteiger partial charge is 0.379 e. The summed E-state index contributed by atoms with van der Waals surface area (Å²) in [6, 6.07) is 23.3. The number of imidazole rings is 1. The zero-order valence-electron chi connectivity index (χ0n) is 19.1. The molecule has 1 aliphatic rings. The molecule has 4 aromatic rings. The van der Waals surface area contributed by atoms with E-state index in [0.717, 1.165) is 16.6 Å². The number of nitrogens with zero attached hydrogens (tertiary/aromatic N) is 2. The van der Waals surface area contributed by atoms with Gasteiger partial charge in [0.25, 0.3) is 5.91 Å². The van der Waals surface area contributed by atoms with Crippen molar-refractivity contribution in [1.29, 1.82) is 0 Å². The van der Waals surface area contributed by atoms with E-state index >= 15 is 0 Å². The van der Waals surface area contributed by atoms with Gasteiger partial charge in [-0.25, -0.2) is 13.4 Å². The number of amides is 1. The van der Waals surface area contributed by atoms with Gasteiger partial charge in [-0.3, -0.25) is 4.79 Å². The summed E-state index contributed by atoms with van der Waals surface area (Å²) < 4.78 is 32.8. The van der Waals surface area contributed by atoms with Crippen LogP contribution in [-0.4, -0.2) is 54.9 Å². The number of H-pyrrole nitrogens is 1. The molecule has 1 saturated heterocycles. The molecule has 0 bridgehead atoms. The molecular formula is C26H26N4O4S. The summed E-state index contributed by atoms with van der Waals surface area (Å²) in [5.41, 5.74) is 3.01. The molecule has 1 aromatic heterocycles. The fourth-order valence-corrected chi connectivity index (χ4v) is 5.63. The van der Waals surface area contributed by atoms with Crippen LogP contribution in [0, 0.1) is 0 Å². The van der Waals surface area contributed by atoms with Crippen molar-refractivity contribution in [3.63, 3.8) is 0 Å². The van der Waals surface area contributed by atoms with Crippen molar-refractivity contribution in [2.45, 2.75) is 17.4 Å². The Balaban J connectivity index is 1.42. The highest BCUT2D eigenvalue weighted by Crippen LogP contribution is 2.22. The Bertz CT molecular complexity index is 1400. The average molecular weight is 491 g/mol. The molecule has 0 aliphatic carbocycles. The fraction of sp³-hybridized carbons (Fsp3) is 0.231. The van der Waals surface area contributed by atoms with Gasteiger partial charge in [0, 0.05) is 18.7 Å². The zero-order chi connectivity index (χ0) is 24.3. The van der Waals surface area contributed by atoms with E-state index in [1.165, 1.54) is 16.4 Å². The van der Waals surface area contributed by atoms with E-state index in [4.69, 9.17) is 4.74 Å². The molecule has 9 heteroatoms. The number of hydrogen-bond donors (Lipinski definition) is 2. The minimum Gasteiger partial charge on any atom is -0.379 e. The van der Waals surface area contributed by atoms with E-state index < -0.39 is 16.1 Å². The number of sulfonamides is 1. The monoisotopic (exact) mass is 490 g/mol. The number of nitrogens with one attached hydrogen (secondary N) is 2. The van der Waals surface area contributed by atoms with Crippen molar-refractivity contribution in [3.8, 4) is 0 Å². The molecule has 1 fully saturated rings. The summed E-state index contributed by atoms with van der Waals surface area (Å²) in [5, 5.41) is 3.06. The second-order valence-electron chi connectivity index (χ2n) is 8.40. The first-order chi connectivity index (χ1) is 17.0. The lowest BCUT2D eigenvalue weighted by atomic mass is 10.0. The topological polar surface area (TPSA) is 104 Å². The lowest BCUT2D eigenvalue weighted by Crippen LogP contribution is -2.40. The van der Waals surface area contributed by atoms with E-state index in [9.17, 15) is 13.2 Å². The number of aromatic nitrogens is 2. The highest BCUT2D eigenvalue weighted by Gasteiger charge is 2.27. The van der Waals surface area contributed by atoms with Crippen molar-refractivity contribution < 1.29 is 17.9 Å². The zero-order valence-corrected chi connectivity index (χ0v) is 19.9. The van der Waals surface area contributed by atoms with Gasteiger partial charge in [0.15, 0.2) is 0 Å². The van der Waals surface area contributed by atoms with Gasteiger partial charge >= 0.3 is 0 Å². The van der Waals surface area contributed by atoms with Crippen LogP contribution in [0.2, 0.25) is 0 Å². The molecule has 1 amide bonds. The molecule has 1 atom stereocenters. The van der Waals surface area contributed by atoms with Crippen molar-refractivity contribution in [2.75, 3.05) is 26.3 Å². The lowest BCUT2D eigenvalue weighted by molar-refractivity contribution is 0.0730. The number of rotatable bonds is 7. The normalized spacial score (nSPS) is 15.7. The van der Waals surface area contributed by atoms with Gasteiger partial charge in [-0.15, -0.1) is 0 Å². The van der Waals surface area contributed by atoms with Crippen LogP contribution in [0.25, 0.3) is 11.0 Å². The summed E-state index contributed by atoms with van der Waals surface area (Å²) in [6.07, 6.45) is 0.526. The number of fused-ring (bicyclic) bond motifs is 1. The standard InChI is InChI=1S/C26H26N4O4S/c31-26(20-9-6-10-21(18-20)35(32,33)30-13-15-34-16-14-30)29-24(17-19-7-2-1-3-8-19)25-27-22-11-4-5-12-23(22)28-25/h1-12,18,24H,13-17H2,(H,27,28)(H,29,31)/t24-/m1/s1. The van der Waals surface area contributed by atoms with E-state index in [1.54, 1.807) is 12.1 Å². The molecular weight excluding hydrogens is 464 g/mol. The van der Waals surface area contributed by atoms with Gasteiger partial charge in [-0.1, -0.05) is 48.5 Å². The smallest absolute Gasteiger partial charge is 0.251 e. The van der Waals surface area contributed by atoms with Gasteiger partial charge < -0.3 is 15.0 Å². The predicted molar refractivity (Wildman–Crippen MR) is 132 cm³/mol. The predicted octanol–water partition coefficient (Wildman–Crippen LogP) is 3.30. The van der Waals surface area contributed by atoms with Gasteiger partial charge in [0.2, 0.25) is 10.0 Å². The van der Waals surface area contributed by atoms with E-state index in [2.05, 4.69) is 15.3 Å². The molecule has 2 heterocycles. The van der Waals surface area contributed by atoms with E-state index in [0.29, 0.717) is 38.5 Å². The summed E-state index contributed by atoms with van der Waals surface area (Å²) in [6.45, 7) is 1.31. The van der Waals surface area contributed by atoms with E-state index in [-0.39, 0.29) is 16.4 Å². The Kier molecular flexibility index (Phi) is 6.63. The van der Waals surface area contributed by atoms with Crippen LogP contribution in [0.1, 0.15) is 27.8 Å². The molecule has 180 valence electrons. The summed E-state index contributed by atoms with van der Waals surface area (Å²) in [7, 11) is -3.71. The van der Waals surface area contributed by atoms with E-state index in [1.807, 2.05) is 54.6 Å². The van der Waals surface area contributed by atoms with Gasteiger partial charge in [0.05, 0.1) is 35.2 Å². The summed E-state index contributed by atoms with van der Waals surface area (Å²) >= 11 is 0. The molecule has 0 spiro atoms. The maximum Gasteiger partial charge on any atom is 0.251 e. The second kappa shape index (κ2) is 9.99. The molecule has 35 heavy (non-hydrogen) atoms. The Morgan fingerprint density at radius 2 is 1.74 bits per heavy atom. The third kappa shape index (κ3) is 5.12. The quantitative estimate of drug-likeness (QED) is 0.414. The summed E-state index contributed by atoms with van der Waals surface area (Å²) in [4.78, 5) is 21.4. The molecule has 8 nitrogen and oxygen atoms in total. The molecule has 0 saturated carbocycles. The number of carbonyl (C=O) groups is 1. The highest BCUT2D eigenvalue weighted by molar-refractivity contribution is 7.89. The second-order valence-corrected chi connectivity index (χ2v) is 10.3. The van der Waals surface area contributed by atoms with Crippen LogP contribution in [0.5, 0.6) is 0 Å². The molecule has 0 unspecified atom stereocenters. The SMILES string of the molecule is O=C(N[C@H](Cc1ccccc1)c1nc2ccccc2[nH]1)c1cccc(S(=O)(=O)N2CCOCC2)c1. The Hall–Kier alpha value is -3.53. The van der Waals surface area contributed by atoms with Crippen LogP contribution in [0.3, 0.4) is 0 Å². The van der Waals surface area contributed by atoms with Gasteiger partial charge in [-0.05, 0) is 42.3 Å². The molecule has 3 aromatic carbocycles. The van der Waals surface area contributed by atoms with Crippen molar-refractivity contribution >= 4 is 27.0 Å². The number of hydrogen-bond acceptors (Lipinski definition) is 5. The average Bonchev–Trinajstić information content (AvgIpc) is 3.34. The number of benzene rings is 3. The minimum absolute atomic E-state index is 0.0930. The third-order valence-electron chi connectivity index (χ3n) is 6.03. The lowest BCUT2D eigenvalue weighted by Gasteiger charge is -2.26. The third-order valence-corrected chi connectivity index (χ3v) is 7.92. The van der Waals surface area contributed by atoms with Crippen LogP contribution >= 0.6 is 0 Å². The van der Waals surface area contributed by atoms with Gasteiger partial charge in [-0.2, -0.15) is 4.31 Å². The minimum atomic E-state index is -3.71. The number of carbonyl (C=O) groups excluding carboxylic acids is 1. The Labute approximate surface area is 204 Å². The molecule has 0 radical (unpaired) electrons. The number of para-hydroxylation sites is 2. The highest BCUT2D eigenvalue weighted by atomic mass is 32.2. The maximum atomic E-state index is 13.3. The van der Waals surface area contributed by atoms with Crippen LogP contribution in [0.15, 0.2) is 83.8 Å². The molecule has 1 aliphatic heterocycles. The van der Waals surface area contributed by atoms with Crippen LogP contribution in [0.4, 0.5) is 0 Å². The van der Waals surface area contributed by atoms with Crippen molar-refractivity contribution in [1.82, 2.24) is 19.6 Å². The number of morpholine rings is 1. The maximum absolute atomic E-state index is 13.3. The fourth-order valence-electron chi connectivity index (χ4n) is 4.18. The molecule has 5 rings (SSSR count). The van der Waals surface area contributed by atoms with Gasteiger partial charge in [0.1, 0.15) is 5.82 Å². The van der Waals surface area contributed by atoms with Crippen LogP contribution in [-0.2, 0) is 21.2 Å². The first-order valence-electron chi connectivity index (χ1n) is 11.5. The Morgan fingerprint density at radius 3 is 2.51 bits per heavy atom. The first kappa shape index (κ1) is 23.2. The Morgan fingerprint density at radius 1 is 1.00 bits per heavy atom. The van der Waals surface area contributed by atoms with Crippen molar-refractivity contribution in [2.24, 2.45) is 0 Å². The summed E-state index contributed by atoms with van der Waals surface area (Å²) in [5.74, 6) is 0.269. The van der Waals surface area contributed by atoms with Crippen LogP contribution < -0.4 is 5.32 Å². The first-order valence-corrected chi connectivity index (χ1v) is 12.9. The molecule has 2 N–H and O–H groups in total. The number of aromatic amines is 1. The van der Waals surface area contributed by atoms with Crippen molar-refractivity contribution in [3.05, 3.63) is 95.8 Å².